The summed E-state index contributed by atoms with van der Waals surface area (Å²) in [7, 11) is -2.56. The lowest BCUT2D eigenvalue weighted by Gasteiger charge is -2.18. The van der Waals surface area contributed by atoms with E-state index in [1.165, 1.54) is 4.57 Å². The molecule has 25 heavy (non-hydrogen) atoms. The van der Waals surface area contributed by atoms with Crippen molar-refractivity contribution in [3.63, 3.8) is 0 Å². The van der Waals surface area contributed by atoms with Gasteiger partial charge in [0.1, 0.15) is 18.2 Å². The quantitative estimate of drug-likeness (QED) is 0.387. The maximum atomic E-state index is 13.3. The van der Waals surface area contributed by atoms with Gasteiger partial charge in [0.15, 0.2) is 0 Å². The molecule has 146 valence electrons. The van der Waals surface area contributed by atoms with E-state index in [-0.39, 0.29) is 6.73 Å². The van der Waals surface area contributed by atoms with Crippen LogP contribution in [-0.2, 0) is 17.6 Å². The average Bonchev–Trinajstić information content (AvgIpc) is 2.70. The molecule has 0 saturated heterocycles. The number of hydrogen-bond donors (Lipinski definition) is 0. The summed E-state index contributed by atoms with van der Waals surface area (Å²) >= 11 is 0. The highest BCUT2D eigenvalue weighted by Crippen LogP contribution is 2.36. The molecule has 3 nitrogen and oxygen atoms in total. The van der Waals surface area contributed by atoms with Gasteiger partial charge in [-0.05, 0) is 19.0 Å². The highest BCUT2D eigenvalue weighted by molar-refractivity contribution is 6.76. The van der Waals surface area contributed by atoms with Crippen LogP contribution in [0.25, 0.3) is 0 Å². The molecule has 0 unspecified atom stereocenters. The van der Waals surface area contributed by atoms with Crippen LogP contribution in [-0.4, -0.2) is 33.9 Å². The summed E-state index contributed by atoms with van der Waals surface area (Å²) < 4.78 is 52.4. The first-order chi connectivity index (χ1) is 11.2. The van der Waals surface area contributed by atoms with Gasteiger partial charge in [-0.25, -0.2) is 0 Å². The van der Waals surface area contributed by atoms with Crippen molar-refractivity contribution in [3.05, 3.63) is 17.5 Å². The van der Waals surface area contributed by atoms with Gasteiger partial charge in [0.05, 0.1) is 12.3 Å². The van der Waals surface area contributed by atoms with E-state index >= 15 is 0 Å². The summed E-state index contributed by atoms with van der Waals surface area (Å²) in [6.45, 7) is 15.8. The predicted octanol–water partition coefficient (Wildman–Crippen LogP) is 5.84. The zero-order valence-corrected chi connectivity index (χ0v) is 18.5. The Bertz CT molecular complexity index is 558. The van der Waals surface area contributed by atoms with Crippen molar-refractivity contribution in [3.8, 4) is 5.75 Å². The van der Waals surface area contributed by atoms with Crippen molar-refractivity contribution < 1.29 is 22.6 Å². The van der Waals surface area contributed by atoms with Crippen molar-refractivity contribution >= 4 is 16.1 Å². The molecule has 0 fully saturated rings. The molecular weight excluding hydrogens is 363 g/mol. The number of nitrogens with zero attached hydrogens (tertiary/aromatic N) is 1. The molecule has 0 radical (unpaired) electrons. The number of halogens is 3. The number of hydrogen-bond acceptors (Lipinski definition) is 2. The van der Waals surface area contributed by atoms with Gasteiger partial charge in [-0.15, -0.1) is 0 Å². The Morgan fingerprint density at radius 3 is 1.96 bits per heavy atom. The van der Waals surface area contributed by atoms with Crippen LogP contribution in [0.5, 0.6) is 5.75 Å². The molecule has 0 spiro atoms. The molecule has 0 aliphatic heterocycles. The Balaban J connectivity index is 2.83. The van der Waals surface area contributed by atoms with Crippen LogP contribution in [0.2, 0.25) is 51.4 Å². The maximum absolute atomic E-state index is 13.3. The second-order valence-corrected chi connectivity index (χ2v) is 20.2. The van der Waals surface area contributed by atoms with Crippen LogP contribution >= 0.6 is 0 Å². The molecule has 1 aromatic rings. The third-order valence-corrected chi connectivity index (χ3v) is 7.35. The zero-order valence-electron chi connectivity index (χ0n) is 16.5. The van der Waals surface area contributed by atoms with E-state index in [1.54, 1.807) is 6.92 Å². The van der Waals surface area contributed by atoms with Crippen molar-refractivity contribution in [1.29, 1.82) is 0 Å². The van der Waals surface area contributed by atoms with Crippen LogP contribution in [0.4, 0.5) is 13.2 Å². The van der Waals surface area contributed by atoms with Crippen LogP contribution < -0.4 is 4.74 Å². The van der Waals surface area contributed by atoms with Crippen LogP contribution in [0, 0.1) is 6.92 Å². The summed E-state index contributed by atoms with van der Waals surface area (Å²) in [4.78, 5) is 0. The Labute approximate surface area is 151 Å². The lowest BCUT2D eigenvalue weighted by atomic mass is 10.4. The van der Waals surface area contributed by atoms with Gasteiger partial charge >= 0.3 is 6.18 Å². The van der Waals surface area contributed by atoms with Crippen molar-refractivity contribution in [2.45, 2.75) is 71.2 Å². The van der Waals surface area contributed by atoms with Crippen LogP contribution in [0.3, 0.4) is 0 Å². The molecule has 0 aliphatic carbocycles. The minimum Gasteiger partial charge on any atom is -0.492 e. The topological polar surface area (TPSA) is 23.4 Å². The lowest BCUT2D eigenvalue weighted by Crippen LogP contribution is -2.23. The van der Waals surface area contributed by atoms with Gasteiger partial charge in [-0.3, -0.25) is 0 Å². The number of aromatic nitrogens is 1. The fourth-order valence-electron chi connectivity index (χ4n) is 2.17. The summed E-state index contributed by atoms with van der Waals surface area (Å²) in [5, 5.41) is 0. The smallest absolute Gasteiger partial charge is 0.431 e. The monoisotopic (exact) mass is 395 g/mol. The van der Waals surface area contributed by atoms with Gasteiger partial charge in [-0.2, -0.15) is 13.2 Å². The van der Waals surface area contributed by atoms with Crippen molar-refractivity contribution in [1.82, 2.24) is 4.57 Å². The van der Waals surface area contributed by atoms with Crippen molar-refractivity contribution in [2.24, 2.45) is 0 Å². The molecular formula is C17H32F3NO2Si2. The van der Waals surface area contributed by atoms with E-state index in [0.717, 1.165) is 18.2 Å². The van der Waals surface area contributed by atoms with Gasteiger partial charge < -0.3 is 14.0 Å². The fourth-order valence-corrected chi connectivity index (χ4v) is 3.64. The van der Waals surface area contributed by atoms with E-state index < -0.39 is 28.0 Å². The van der Waals surface area contributed by atoms with E-state index in [9.17, 15) is 13.2 Å². The second-order valence-electron chi connectivity index (χ2n) is 8.91. The molecule has 0 atom stereocenters. The van der Waals surface area contributed by atoms with E-state index in [1.807, 2.05) is 0 Å². The predicted molar refractivity (Wildman–Crippen MR) is 102 cm³/mol. The number of alkyl halides is 3. The summed E-state index contributed by atoms with van der Waals surface area (Å²) in [6, 6.07) is 2.93. The molecule has 8 heteroatoms. The molecule has 1 rings (SSSR count). The highest BCUT2D eigenvalue weighted by Gasteiger charge is 2.36. The third kappa shape index (κ3) is 8.00. The first-order valence-electron chi connectivity index (χ1n) is 8.68. The Morgan fingerprint density at radius 2 is 1.48 bits per heavy atom. The van der Waals surface area contributed by atoms with Gasteiger partial charge in [-0.1, -0.05) is 39.3 Å². The molecule has 0 bridgehead atoms. The molecule has 0 aliphatic rings. The fraction of sp³-hybridized carbons (Fsp3) is 0.765. The third-order valence-electron chi connectivity index (χ3n) is 3.94. The van der Waals surface area contributed by atoms with Gasteiger partial charge in [0.25, 0.3) is 0 Å². The molecule has 0 saturated carbocycles. The minimum absolute atomic E-state index is 0.0947. The molecule has 1 heterocycles. The van der Waals surface area contributed by atoms with E-state index in [0.29, 0.717) is 24.7 Å². The first kappa shape index (κ1) is 22.3. The Morgan fingerprint density at radius 1 is 0.960 bits per heavy atom. The summed E-state index contributed by atoms with van der Waals surface area (Å²) in [5.41, 5.74) is -0.239. The SMILES string of the molecule is Cc1c(OCC[Si](C)(C)C)cc(C(F)(F)F)n1COCC[Si](C)(C)C. The second kappa shape index (κ2) is 8.30. The Hall–Kier alpha value is -0.736. The average molecular weight is 396 g/mol. The molecule has 1 aromatic heterocycles. The summed E-state index contributed by atoms with van der Waals surface area (Å²) in [5.74, 6) is 0.305. The number of rotatable bonds is 9. The molecule has 0 N–H and O–H groups in total. The highest BCUT2D eigenvalue weighted by atomic mass is 28.3. The number of ether oxygens (including phenoxy) is 2. The minimum atomic E-state index is -4.42. The molecule has 0 aromatic carbocycles. The Kier molecular flexibility index (Phi) is 7.41. The zero-order chi connectivity index (χ0) is 19.5. The normalized spacial score (nSPS) is 13.4. The van der Waals surface area contributed by atoms with Gasteiger partial charge in [0.2, 0.25) is 0 Å². The van der Waals surface area contributed by atoms with E-state index in [2.05, 4.69) is 39.3 Å². The largest absolute Gasteiger partial charge is 0.492 e. The van der Waals surface area contributed by atoms with Crippen LogP contribution in [0.1, 0.15) is 11.4 Å². The standard InChI is InChI=1S/C17H32F3NO2Si2/c1-14-15(23-9-11-25(5,6)7)12-16(17(18,19)20)21(14)13-22-8-10-24(2,3)4/h12H,8-11,13H2,1-7H3. The van der Waals surface area contributed by atoms with Crippen molar-refractivity contribution in [2.75, 3.05) is 13.2 Å². The maximum Gasteiger partial charge on any atom is 0.431 e. The molecule has 0 amide bonds. The first-order valence-corrected chi connectivity index (χ1v) is 16.1. The van der Waals surface area contributed by atoms with Crippen LogP contribution in [0.15, 0.2) is 6.07 Å². The van der Waals surface area contributed by atoms with Gasteiger partial charge in [0, 0.05) is 28.8 Å². The summed E-state index contributed by atoms with van der Waals surface area (Å²) in [6.07, 6.45) is -4.42. The lowest BCUT2D eigenvalue weighted by molar-refractivity contribution is -0.146. The van der Waals surface area contributed by atoms with E-state index in [4.69, 9.17) is 9.47 Å².